The van der Waals surface area contributed by atoms with Crippen molar-refractivity contribution in [3.63, 3.8) is 0 Å². The van der Waals surface area contributed by atoms with Crippen LogP contribution in [0.5, 0.6) is 0 Å². The molecule has 1 aromatic carbocycles. The molecule has 1 saturated heterocycles. The van der Waals surface area contributed by atoms with Crippen LogP contribution in [-0.4, -0.2) is 34.2 Å². The van der Waals surface area contributed by atoms with E-state index in [1.807, 2.05) is 30.3 Å². The van der Waals surface area contributed by atoms with Gasteiger partial charge >= 0.3 is 0 Å². The molecule has 0 bridgehead atoms. The van der Waals surface area contributed by atoms with Gasteiger partial charge in [-0.15, -0.1) is 0 Å². The molecule has 2 heterocycles. The minimum absolute atomic E-state index is 0.0257. The van der Waals surface area contributed by atoms with E-state index in [0.717, 1.165) is 35.9 Å². The highest BCUT2D eigenvalue weighted by atomic mass is 16.3. The molecule has 2 aromatic rings. The second-order valence-corrected chi connectivity index (χ2v) is 5.16. The first-order valence-electron chi connectivity index (χ1n) is 6.74. The summed E-state index contributed by atoms with van der Waals surface area (Å²) in [7, 11) is 0. The molecule has 0 saturated carbocycles. The van der Waals surface area contributed by atoms with E-state index < -0.39 is 0 Å². The molecule has 0 amide bonds. The molecule has 1 atom stereocenters. The standard InChI is InChI=1S/C15H18N2O2/c18-10-13-5-3-7-17(13)9-12-8-11-4-1-2-6-14(11)16-15(12)19/h1-2,4,6,8,13,18H,3,5,7,9-10H2,(H,16,19)/t13-/m1/s1. The van der Waals surface area contributed by atoms with E-state index in [9.17, 15) is 9.90 Å². The van der Waals surface area contributed by atoms with Gasteiger partial charge in [0.15, 0.2) is 0 Å². The normalized spacial score (nSPS) is 20.2. The van der Waals surface area contributed by atoms with E-state index in [0.29, 0.717) is 6.54 Å². The maximum absolute atomic E-state index is 12.1. The van der Waals surface area contributed by atoms with Gasteiger partial charge in [0.2, 0.25) is 0 Å². The molecule has 0 spiro atoms. The first kappa shape index (κ1) is 12.4. The average Bonchev–Trinajstić information content (AvgIpc) is 2.87. The number of aliphatic hydroxyl groups excluding tert-OH is 1. The summed E-state index contributed by atoms with van der Waals surface area (Å²) >= 11 is 0. The molecule has 1 aliphatic rings. The maximum Gasteiger partial charge on any atom is 0.252 e. The third-order valence-corrected chi connectivity index (χ3v) is 3.91. The van der Waals surface area contributed by atoms with Crippen molar-refractivity contribution in [1.82, 2.24) is 9.88 Å². The van der Waals surface area contributed by atoms with Crippen molar-refractivity contribution < 1.29 is 5.11 Å². The molecule has 1 aliphatic heterocycles. The lowest BCUT2D eigenvalue weighted by atomic mass is 10.1. The Morgan fingerprint density at radius 1 is 1.37 bits per heavy atom. The molecular weight excluding hydrogens is 240 g/mol. The number of hydrogen-bond acceptors (Lipinski definition) is 3. The number of H-pyrrole nitrogens is 1. The van der Waals surface area contributed by atoms with Crippen LogP contribution >= 0.6 is 0 Å². The lowest BCUT2D eigenvalue weighted by molar-refractivity contribution is 0.153. The largest absolute Gasteiger partial charge is 0.395 e. The van der Waals surface area contributed by atoms with Gasteiger partial charge in [-0.1, -0.05) is 18.2 Å². The minimum Gasteiger partial charge on any atom is -0.395 e. The highest BCUT2D eigenvalue weighted by molar-refractivity contribution is 5.78. The summed E-state index contributed by atoms with van der Waals surface area (Å²) in [6.07, 6.45) is 2.11. The molecule has 2 N–H and O–H groups in total. The topological polar surface area (TPSA) is 56.3 Å². The fourth-order valence-corrected chi connectivity index (χ4v) is 2.84. The lowest BCUT2D eigenvalue weighted by Crippen LogP contribution is -2.33. The molecule has 4 heteroatoms. The van der Waals surface area contributed by atoms with Gasteiger partial charge in [0, 0.05) is 23.7 Å². The average molecular weight is 258 g/mol. The van der Waals surface area contributed by atoms with Crippen LogP contribution in [0.3, 0.4) is 0 Å². The molecule has 100 valence electrons. The van der Waals surface area contributed by atoms with Gasteiger partial charge in [-0.25, -0.2) is 0 Å². The zero-order valence-corrected chi connectivity index (χ0v) is 10.8. The minimum atomic E-state index is -0.0257. The fraction of sp³-hybridized carbons (Fsp3) is 0.400. The van der Waals surface area contributed by atoms with Crippen LogP contribution in [0.15, 0.2) is 35.1 Å². The number of aromatic amines is 1. The Balaban J connectivity index is 1.92. The van der Waals surface area contributed by atoms with Crippen LogP contribution in [0.1, 0.15) is 18.4 Å². The molecule has 19 heavy (non-hydrogen) atoms. The third-order valence-electron chi connectivity index (χ3n) is 3.91. The second-order valence-electron chi connectivity index (χ2n) is 5.16. The SMILES string of the molecule is O=c1[nH]c2ccccc2cc1CN1CCC[C@@H]1CO. The van der Waals surface area contributed by atoms with Crippen LogP contribution < -0.4 is 5.56 Å². The van der Waals surface area contributed by atoms with E-state index in [-0.39, 0.29) is 18.2 Å². The van der Waals surface area contributed by atoms with Crippen molar-refractivity contribution in [1.29, 1.82) is 0 Å². The molecule has 4 nitrogen and oxygen atoms in total. The van der Waals surface area contributed by atoms with Gasteiger partial charge in [0.25, 0.3) is 5.56 Å². The van der Waals surface area contributed by atoms with Gasteiger partial charge in [-0.05, 0) is 36.9 Å². The van der Waals surface area contributed by atoms with Crippen molar-refractivity contribution in [3.8, 4) is 0 Å². The Hall–Kier alpha value is -1.65. The first-order chi connectivity index (χ1) is 9.28. The van der Waals surface area contributed by atoms with Crippen molar-refractivity contribution in [2.24, 2.45) is 0 Å². The van der Waals surface area contributed by atoms with Gasteiger partial charge in [0.05, 0.1) is 6.61 Å². The van der Waals surface area contributed by atoms with Crippen molar-refractivity contribution >= 4 is 10.9 Å². The van der Waals surface area contributed by atoms with E-state index in [1.165, 1.54) is 0 Å². The summed E-state index contributed by atoms with van der Waals surface area (Å²) < 4.78 is 0. The number of aromatic nitrogens is 1. The van der Waals surface area contributed by atoms with E-state index in [2.05, 4.69) is 9.88 Å². The third kappa shape index (κ3) is 2.41. The van der Waals surface area contributed by atoms with Crippen molar-refractivity contribution in [3.05, 3.63) is 46.2 Å². The zero-order valence-electron chi connectivity index (χ0n) is 10.8. The predicted molar refractivity (Wildman–Crippen MR) is 75.1 cm³/mol. The molecule has 0 unspecified atom stereocenters. The van der Waals surface area contributed by atoms with E-state index in [1.54, 1.807) is 0 Å². The molecular formula is C15H18N2O2. The number of para-hydroxylation sites is 1. The molecule has 0 radical (unpaired) electrons. The van der Waals surface area contributed by atoms with Crippen LogP contribution in [-0.2, 0) is 6.54 Å². The van der Waals surface area contributed by atoms with E-state index >= 15 is 0 Å². The number of likely N-dealkylation sites (tertiary alicyclic amines) is 1. The number of nitrogens with one attached hydrogen (secondary N) is 1. The molecule has 1 fully saturated rings. The summed E-state index contributed by atoms with van der Waals surface area (Å²) in [6.45, 7) is 1.74. The van der Waals surface area contributed by atoms with Crippen LogP contribution in [0.25, 0.3) is 10.9 Å². The summed E-state index contributed by atoms with van der Waals surface area (Å²) in [5, 5.41) is 10.4. The number of fused-ring (bicyclic) bond motifs is 1. The highest BCUT2D eigenvalue weighted by Gasteiger charge is 2.24. The summed E-state index contributed by atoms with van der Waals surface area (Å²) in [4.78, 5) is 17.2. The van der Waals surface area contributed by atoms with Gasteiger partial charge < -0.3 is 10.1 Å². The fourth-order valence-electron chi connectivity index (χ4n) is 2.84. The Morgan fingerprint density at radius 2 is 2.21 bits per heavy atom. The highest BCUT2D eigenvalue weighted by Crippen LogP contribution is 2.19. The number of nitrogens with zero attached hydrogens (tertiary/aromatic N) is 1. The van der Waals surface area contributed by atoms with Crippen molar-refractivity contribution in [2.45, 2.75) is 25.4 Å². The zero-order chi connectivity index (χ0) is 13.2. The summed E-state index contributed by atoms with van der Waals surface area (Å²) in [5.41, 5.74) is 1.62. The van der Waals surface area contributed by atoms with Gasteiger partial charge in [0.1, 0.15) is 0 Å². The number of rotatable bonds is 3. The Bertz CT molecular complexity index is 635. The van der Waals surface area contributed by atoms with Gasteiger partial charge in [-0.3, -0.25) is 9.69 Å². The maximum atomic E-state index is 12.1. The number of hydrogen-bond donors (Lipinski definition) is 2. The lowest BCUT2D eigenvalue weighted by Gasteiger charge is -2.22. The Labute approximate surface area is 111 Å². The molecule has 1 aromatic heterocycles. The van der Waals surface area contributed by atoms with Crippen LogP contribution in [0.4, 0.5) is 0 Å². The molecule has 3 rings (SSSR count). The van der Waals surface area contributed by atoms with Crippen molar-refractivity contribution in [2.75, 3.05) is 13.2 Å². The summed E-state index contributed by atoms with van der Waals surface area (Å²) in [6, 6.07) is 9.96. The number of benzene rings is 1. The van der Waals surface area contributed by atoms with Gasteiger partial charge in [-0.2, -0.15) is 0 Å². The second kappa shape index (κ2) is 5.15. The quantitative estimate of drug-likeness (QED) is 0.877. The number of aliphatic hydroxyl groups is 1. The predicted octanol–water partition coefficient (Wildman–Crippen LogP) is 1.48. The number of pyridine rings is 1. The van der Waals surface area contributed by atoms with E-state index in [4.69, 9.17) is 0 Å². The van der Waals surface area contributed by atoms with Crippen LogP contribution in [0, 0.1) is 0 Å². The molecule has 0 aliphatic carbocycles. The summed E-state index contributed by atoms with van der Waals surface area (Å²) in [5.74, 6) is 0. The Morgan fingerprint density at radius 3 is 3.05 bits per heavy atom. The first-order valence-corrected chi connectivity index (χ1v) is 6.74. The monoisotopic (exact) mass is 258 g/mol. The Kier molecular flexibility index (Phi) is 3.36. The smallest absolute Gasteiger partial charge is 0.252 e. The van der Waals surface area contributed by atoms with Crippen LogP contribution in [0.2, 0.25) is 0 Å².